The van der Waals surface area contributed by atoms with E-state index >= 15 is 8.78 Å². The highest BCUT2D eigenvalue weighted by Gasteiger charge is 2.44. The van der Waals surface area contributed by atoms with Crippen molar-refractivity contribution in [3.05, 3.63) is 175 Å². The smallest absolute Gasteiger partial charge is 0.406 e. The second kappa shape index (κ2) is 16.7. The topological polar surface area (TPSA) is 150 Å². The zero-order valence-electron chi connectivity index (χ0n) is 32.5. The van der Waals surface area contributed by atoms with Crippen LogP contribution >= 0.6 is 0 Å². The summed E-state index contributed by atoms with van der Waals surface area (Å²) in [7, 11) is 0. The molecule has 0 fully saturated rings. The Morgan fingerprint density at radius 1 is 0.485 bits per heavy atom. The first kappa shape index (κ1) is 44.1. The number of ether oxygens (including phenoxy) is 2. The van der Waals surface area contributed by atoms with Crippen LogP contribution in [0.5, 0.6) is 11.5 Å². The second-order valence-electron chi connectivity index (χ2n) is 13.7. The summed E-state index contributed by atoms with van der Waals surface area (Å²) >= 11 is 0. The molecule has 18 heteroatoms. The van der Waals surface area contributed by atoms with Crippen LogP contribution in [0.3, 0.4) is 0 Å². The molecule has 0 aliphatic heterocycles. The van der Waals surface area contributed by atoms with Crippen molar-refractivity contribution in [2.45, 2.75) is 12.7 Å². The minimum Gasteiger partial charge on any atom is -0.406 e. The molecule has 0 saturated heterocycles. The summed E-state index contributed by atoms with van der Waals surface area (Å²) in [6, 6.07) is 23.0. The maximum absolute atomic E-state index is 17.6. The molecule has 0 spiro atoms. The summed E-state index contributed by atoms with van der Waals surface area (Å²) in [6.45, 7) is 23.4. The number of hydrogen-bond acceptors (Lipinski definition) is 7. The van der Waals surface area contributed by atoms with Crippen LogP contribution < -0.4 is 9.47 Å². The van der Waals surface area contributed by atoms with E-state index in [1.165, 1.54) is 0 Å². The van der Waals surface area contributed by atoms with E-state index < -0.39 is 103 Å². The fourth-order valence-corrected chi connectivity index (χ4v) is 7.62. The highest BCUT2D eigenvalue weighted by Crippen LogP contribution is 2.61. The molecule has 314 valence electrons. The molecule has 10 nitrogen and oxygen atoms in total. The molecule has 0 unspecified atom stereocenters. The predicted octanol–water partition coefficient (Wildman–Crippen LogP) is 13.3. The summed E-state index contributed by atoms with van der Waals surface area (Å²) < 4.78 is 123. The van der Waals surface area contributed by atoms with Gasteiger partial charge in [0.05, 0.1) is 59.7 Å². The van der Waals surface area contributed by atoms with Crippen molar-refractivity contribution in [2.75, 3.05) is 0 Å². The first-order valence-corrected chi connectivity index (χ1v) is 18.1. The van der Waals surface area contributed by atoms with Crippen molar-refractivity contribution in [1.29, 1.82) is 26.3 Å². The molecule has 66 heavy (non-hydrogen) atoms. The van der Waals surface area contributed by atoms with Crippen molar-refractivity contribution >= 4 is 44.9 Å². The number of hydrogen-bond donors (Lipinski definition) is 0. The van der Waals surface area contributed by atoms with Gasteiger partial charge >= 0.3 is 12.7 Å². The maximum atomic E-state index is 17.6. The average Bonchev–Trinajstić information content (AvgIpc) is 3.74. The fraction of sp³-hybridized carbons (Fsp3) is 0.0417. The lowest BCUT2D eigenvalue weighted by atomic mass is 9.78. The van der Waals surface area contributed by atoms with E-state index in [1.54, 1.807) is 6.07 Å². The lowest BCUT2D eigenvalue weighted by Gasteiger charge is -2.24. The Morgan fingerprint density at radius 3 is 1.30 bits per heavy atom. The normalized spacial score (nSPS) is 14.2. The Balaban J connectivity index is 1.79. The third-order valence-corrected chi connectivity index (χ3v) is 9.98. The minimum absolute atomic E-state index is 0.181. The predicted molar refractivity (Wildman–Crippen MR) is 219 cm³/mol. The summed E-state index contributed by atoms with van der Waals surface area (Å²) in [5.41, 5.74) is -9.02. The van der Waals surface area contributed by atoms with Gasteiger partial charge in [-0.25, -0.2) is 23.3 Å². The van der Waals surface area contributed by atoms with E-state index in [9.17, 15) is 52.7 Å². The third-order valence-electron chi connectivity index (χ3n) is 9.98. The van der Waals surface area contributed by atoms with Crippen molar-refractivity contribution in [1.82, 2.24) is 0 Å². The van der Waals surface area contributed by atoms with Crippen molar-refractivity contribution < 1.29 is 44.6 Å². The Bertz CT molecular complexity index is 3190. The molecule has 0 radical (unpaired) electrons. The van der Waals surface area contributed by atoms with Gasteiger partial charge in [-0.1, -0.05) is 42.5 Å². The number of alkyl halides is 6. The highest BCUT2D eigenvalue weighted by molar-refractivity contribution is 6.25. The van der Waals surface area contributed by atoms with Crippen LogP contribution in [-0.2, 0) is 0 Å². The van der Waals surface area contributed by atoms with Gasteiger partial charge in [-0.3, -0.25) is 0 Å². The number of fused-ring (bicyclic) bond motifs is 2. The van der Waals surface area contributed by atoms with Crippen LogP contribution in [0.1, 0.15) is 44.5 Å². The van der Waals surface area contributed by atoms with E-state index in [0.717, 1.165) is 84.9 Å². The monoisotopic (exact) mass is 886 g/mol. The van der Waals surface area contributed by atoms with Crippen LogP contribution in [0, 0.1) is 76.4 Å². The molecule has 5 aromatic carbocycles. The van der Waals surface area contributed by atoms with Gasteiger partial charge in [0, 0.05) is 27.8 Å². The van der Waals surface area contributed by atoms with E-state index in [2.05, 4.69) is 24.0 Å². The zero-order chi connectivity index (χ0) is 47.8. The molecule has 0 N–H and O–H groups in total. The number of nitriles is 5. The quantitative estimate of drug-likeness (QED) is 0.0935. The first-order valence-electron chi connectivity index (χ1n) is 18.1. The number of rotatable bonds is 6. The number of halogens is 8. The van der Waals surface area contributed by atoms with Crippen molar-refractivity contribution in [2.24, 2.45) is 0 Å². The zero-order valence-corrected chi connectivity index (χ0v) is 32.5. The average molecular weight is 887 g/mol. The van der Waals surface area contributed by atoms with E-state index in [1.807, 2.05) is 24.3 Å². The molecule has 7 rings (SSSR count). The molecule has 0 bridgehead atoms. The Labute approximate surface area is 367 Å². The van der Waals surface area contributed by atoms with Gasteiger partial charge in [-0.15, -0.1) is 26.3 Å². The highest BCUT2D eigenvalue weighted by atomic mass is 19.4. The Hall–Kier alpha value is -9.98. The molecule has 5 aromatic rings. The lowest BCUT2D eigenvalue weighted by Crippen LogP contribution is -2.17. The van der Waals surface area contributed by atoms with Crippen molar-refractivity contribution in [3.8, 4) is 64.1 Å². The fourth-order valence-electron chi connectivity index (χ4n) is 7.62. The first-order chi connectivity index (χ1) is 31.4. The minimum atomic E-state index is -5.19. The van der Waals surface area contributed by atoms with Gasteiger partial charge in [-0.05, 0) is 81.4 Å². The molecule has 2 aliphatic carbocycles. The largest absolute Gasteiger partial charge is 0.573 e. The molecule has 0 atom stereocenters. The van der Waals surface area contributed by atoms with Crippen LogP contribution in [0.4, 0.5) is 46.5 Å². The summed E-state index contributed by atoms with van der Waals surface area (Å²) in [5, 5.41) is 52.0. The third kappa shape index (κ3) is 7.75. The van der Waals surface area contributed by atoms with Gasteiger partial charge in [0.2, 0.25) is 5.70 Å². The standard InChI is InChI=1S/C48H14F8N8O2/c1-62-29-15-28(16-30(17-29)63-2)34(21-60)40-42-36(25-4-8-31(9-5-25)65-47(51,52)53)38-35(22-61)44(49)39(33(20-59)27-13-23(18-57)12-24(14-27)19-58)41(38)37(43(42)46(64-3)45(40)50)26-6-10-32(11-7-26)66-48(54,55)56/h4-17H/b39-33-,40-34-. The lowest BCUT2D eigenvalue weighted by molar-refractivity contribution is -0.275. The molecule has 0 heterocycles. The van der Waals surface area contributed by atoms with Gasteiger partial charge in [0.25, 0.3) is 0 Å². The van der Waals surface area contributed by atoms with E-state index in [4.69, 9.17) is 19.7 Å². The number of benzene rings is 5. The van der Waals surface area contributed by atoms with Gasteiger partial charge in [0.15, 0.2) is 17.2 Å². The van der Waals surface area contributed by atoms with Gasteiger partial charge in [0.1, 0.15) is 35.5 Å². The molecular weight excluding hydrogens is 873 g/mol. The molecular formula is C48H14F8N8O2. The van der Waals surface area contributed by atoms with Crippen LogP contribution in [0.25, 0.3) is 70.4 Å². The number of allylic oxidation sites excluding steroid dienone is 7. The second-order valence-corrected chi connectivity index (χ2v) is 13.7. The van der Waals surface area contributed by atoms with Crippen molar-refractivity contribution in [3.63, 3.8) is 0 Å². The summed E-state index contributed by atoms with van der Waals surface area (Å²) in [6.07, 6.45) is -10.4. The van der Waals surface area contributed by atoms with Crippen LogP contribution in [0.15, 0.2) is 96.6 Å². The van der Waals surface area contributed by atoms with Gasteiger partial charge < -0.3 is 9.47 Å². The Kier molecular flexibility index (Phi) is 11.2. The summed E-state index contributed by atoms with van der Waals surface area (Å²) in [4.78, 5) is 10.1. The van der Waals surface area contributed by atoms with E-state index in [-0.39, 0.29) is 44.8 Å². The van der Waals surface area contributed by atoms with E-state index in [0.29, 0.717) is 0 Å². The van der Waals surface area contributed by atoms with Crippen LogP contribution in [-0.4, -0.2) is 12.7 Å². The molecule has 0 saturated carbocycles. The maximum Gasteiger partial charge on any atom is 0.573 e. The van der Waals surface area contributed by atoms with Gasteiger partial charge in [-0.2, -0.15) is 26.3 Å². The number of nitrogens with zero attached hydrogens (tertiary/aromatic N) is 8. The summed E-state index contributed by atoms with van der Waals surface area (Å²) in [5.74, 6) is -4.44. The molecule has 0 aromatic heterocycles. The molecule has 0 amide bonds. The SMILES string of the molecule is [C-]#[N+]C1=C(F)/C(=C(/C#N)c2cc([N+]#[C-])cc([N+]#[C-])c2)c2c1c(-c1ccc(OC(F)(F)F)cc1)c1c(c2-c2ccc(OC(F)(F)F)cc2)C(C#N)=C(F)/C1=C(/C#N)c1cc(C#N)cc(C#N)c1. The van der Waals surface area contributed by atoms with Crippen LogP contribution in [0.2, 0.25) is 0 Å². The molecule has 2 aliphatic rings. The Morgan fingerprint density at radius 2 is 0.909 bits per heavy atom.